The van der Waals surface area contributed by atoms with Gasteiger partial charge in [-0.05, 0) is 31.2 Å². The first-order valence-electron chi connectivity index (χ1n) is 6.88. The molecule has 18 heavy (non-hydrogen) atoms. The molecule has 1 unspecified atom stereocenters. The molecule has 2 heterocycles. The van der Waals surface area contributed by atoms with Crippen LogP contribution in [0.15, 0.2) is 18.6 Å². The van der Waals surface area contributed by atoms with Crippen LogP contribution in [0.1, 0.15) is 50.3 Å². The third-order valence-electron chi connectivity index (χ3n) is 3.63. The Bertz CT molecular complexity index is 326. The summed E-state index contributed by atoms with van der Waals surface area (Å²) in [6.45, 7) is 1.85. The Labute approximate surface area is 108 Å². The predicted octanol–water partition coefficient (Wildman–Crippen LogP) is 2.50. The van der Waals surface area contributed by atoms with Crippen molar-refractivity contribution in [3.8, 4) is 0 Å². The summed E-state index contributed by atoms with van der Waals surface area (Å²) >= 11 is 0. The smallest absolute Gasteiger partial charge is 0.115 e. The molecule has 1 aromatic rings. The van der Waals surface area contributed by atoms with Crippen LogP contribution in [-0.2, 0) is 4.74 Å². The molecule has 0 saturated carbocycles. The Morgan fingerprint density at radius 1 is 1.33 bits per heavy atom. The van der Waals surface area contributed by atoms with Crippen molar-refractivity contribution < 1.29 is 9.84 Å². The van der Waals surface area contributed by atoms with Crippen molar-refractivity contribution >= 4 is 0 Å². The fourth-order valence-corrected chi connectivity index (χ4v) is 2.45. The largest absolute Gasteiger partial charge is 0.387 e. The molecule has 2 rings (SSSR count). The van der Waals surface area contributed by atoms with Crippen LogP contribution >= 0.6 is 0 Å². The van der Waals surface area contributed by atoms with E-state index in [9.17, 15) is 5.11 Å². The summed E-state index contributed by atoms with van der Waals surface area (Å²) in [4.78, 5) is 7.92. The Hall–Kier alpha value is -1.00. The fourth-order valence-electron chi connectivity index (χ4n) is 2.45. The average molecular weight is 250 g/mol. The summed E-state index contributed by atoms with van der Waals surface area (Å²) in [7, 11) is 0. The molecule has 1 aliphatic rings. The quantitative estimate of drug-likeness (QED) is 0.788. The van der Waals surface area contributed by atoms with E-state index in [0.29, 0.717) is 0 Å². The molecule has 0 aromatic carbocycles. The summed E-state index contributed by atoms with van der Waals surface area (Å²) in [6.07, 6.45) is 9.43. The third kappa shape index (κ3) is 4.35. The lowest BCUT2D eigenvalue weighted by atomic mass is 9.93. The molecule has 1 fully saturated rings. The van der Waals surface area contributed by atoms with Gasteiger partial charge < -0.3 is 9.84 Å². The second-order valence-corrected chi connectivity index (χ2v) is 4.99. The van der Waals surface area contributed by atoms with Gasteiger partial charge in [0.25, 0.3) is 0 Å². The summed E-state index contributed by atoms with van der Waals surface area (Å²) in [5, 5.41) is 9.95. The van der Waals surface area contributed by atoms with E-state index in [2.05, 4.69) is 9.97 Å². The standard InChI is InChI=1S/C14H22N2O2/c17-14(13-5-8-15-11-16-13)4-2-1-3-12-6-9-18-10-7-12/h5,8,11-12,14,17H,1-4,6-7,9-10H2. The number of hydrogen-bond acceptors (Lipinski definition) is 4. The van der Waals surface area contributed by atoms with E-state index in [-0.39, 0.29) is 0 Å². The summed E-state index contributed by atoms with van der Waals surface area (Å²) in [5.41, 5.74) is 0.732. The lowest BCUT2D eigenvalue weighted by Crippen LogP contribution is -2.15. The van der Waals surface area contributed by atoms with Gasteiger partial charge in [-0.1, -0.05) is 19.3 Å². The van der Waals surface area contributed by atoms with Crippen LogP contribution in [-0.4, -0.2) is 28.3 Å². The highest BCUT2D eigenvalue weighted by atomic mass is 16.5. The van der Waals surface area contributed by atoms with E-state index in [4.69, 9.17) is 4.74 Å². The first-order valence-corrected chi connectivity index (χ1v) is 6.88. The fraction of sp³-hybridized carbons (Fsp3) is 0.714. The number of aliphatic hydroxyl groups is 1. The van der Waals surface area contributed by atoms with Gasteiger partial charge in [-0.3, -0.25) is 0 Å². The average Bonchev–Trinajstić information content (AvgIpc) is 2.45. The van der Waals surface area contributed by atoms with Gasteiger partial charge in [-0.15, -0.1) is 0 Å². The zero-order chi connectivity index (χ0) is 12.6. The van der Waals surface area contributed by atoms with Crippen molar-refractivity contribution in [3.63, 3.8) is 0 Å². The lowest BCUT2D eigenvalue weighted by molar-refractivity contribution is 0.0625. The van der Waals surface area contributed by atoms with Crippen LogP contribution in [0, 0.1) is 5.92 Å². The molecule has 1 aromatic heterocycles. The van der Waals surface area contributed by atoms with Crippen LogP contribution in [0.5, 0.6) is 0 Å². The van der Waals surface area contributed by atoms with Crippen molar-refractivity contribution in [3.05, 3.63) is 24.3 Å². The second-order valence-electron chi connectivity index (χ2n) is 4.99. The molecule has 1 saturated heterocycles. The molecule has 1 aliphatic heterocycles. The van der Waals surface area contributed by atoms with Gasteiger partial charge in [0.2, 0.25) is 0 Å². The van der Waals surface area contributed by atoms with Gasteiger partial charge in [0.1, 0.15) is 6.33 Å². The molecule has 4 heteroatoms. The van der Waals surface area contributed by atoms with Crippen LogP contribution in [0.4, 0.5) is 0 Å². The van der Waals surface area contributed by atoms with Crippen molar-refractivity contribution in [1.29, 1.82) is 0 Å². The van der Waals surface area contributed by atoms with Crippen LogP contribution in [0.2, 0.25) is 0 Å². The van der Waals surface area contributed by atoms with Crippen molar-refractivity contribution in [2.75, 3.05) is 13.2 Å². The van der Waals surface area contributed by atoms with E-state index in [1.807, 2.05) is 0 Å². The Balaban J connectivity index is 1.60. The van der Waals surface area contributed by atoms with Gasteiger partial charge in [0.15, 0.2) is 0 Å². The molecule has 4 nitrogen and oxygen atoms in total. The number of aromatic nitrogens is 2. The predicted molar refractivity (Wildman–Crippen MR) is 69.0 cm³/mol. The van der Waals surface area contributed by atoms with Gasteiger partial charge >= 0.3 is 0 Å². The maximum Gasteiger partial charge on any atom is 0.115 e. The monoisotopic (exact) mass is 250 g/mol. The van der Waals surface area contributed by atoms with Crippen LogP contribution in [0.25, 0.3) is 0 Å². The lowest BCUT2D eigenvalue weighted by Gasteiger charge is -2.21. The molecule has 1 N–H and O–H groups in total. The summed E-state index contributed by atoms with van der Waals surface area (Å²) in [5.74, 6) is 0.829. The minimum absolute atomic E-state index is 0.442. The molecule has 0 spiro atoms. The molecular weight excluding hydrogens is 228 g/mol. The minimum atomic E-state index is -0.442. The number of hydrogen-bond donors (Lipinski definition) is 1. The van der Waals surface area contributed by atoms with Crippen molar-refractivity contribution in [1.82, 2.24) is 9.97 Å². The number of rotatable bonds is 6. The molecule has 1 atom stereocenters. The first kappa shape index (κ1) is 13.4. The maximum atomic E-state index is 9.95. The zero-order valence-electron chi connectivity index (χ0n) is 10.8. The van der Waals surface area contributed by atoms with Gasteiger partial charge in [0.05, 0.1) is 11.8 Å². The number of nitrogens with zero attached hydrogens (tertiary/aromatic N) is 2. The SMILES string of the molecule is OC(CCCCC1CCOCC1)c1ccncn1. The number of unbranched alkanes of at least 4 members (excludes halogenated alkanes) is 1. The van der Waals surface area contributed by atoms with Crippen LogP contribution in [0.3, 0.4) is 0 Å². The van der Waals surface area contributed by atoms with Gasteiger partial charge in [-0.2, -0.15) is 0 Å². The minimum Gasteiger partial charge on any atom is -0.387 e. The Morgan fingerprint density at radius 2 is 2.17 bits per heavy atom. The molecule has 100 valence electrons. The highest BCUT2D eigenvalue weighted by Crippen LogP contribution is 2.23. The van der Waals surface area contributed by atoms with E-state index in [1.165, 1.54) is 32.0 Å². The Morgan fingerprint density at radius 3 is 2.89 bits per heavy atom. The number of aliphatic hydroxyl groups excluding tert-OH is 1. The molecule has 0 aliphatic carbocycles. The zero-order valence-corrected chi connectivity index (χ0v) is 10.8. The second kappa shape index (κ2) is 7.44. The van der Waals surface area contributed by atoms with E-state index >= 15 is 0 Å². The third-order valence-corrected chi connectivity index (χ3v) is 3.63. The number of ether oxygens (including phenoxy) is 1. The van der Waals surface area contributed by atoms with E-state index < -0.39 is 6.10 Å². The molecular formula is C14H22N2O2. The van der Waals surface area contributed by atoms with E-state index in [0.717, 1.165) is 37.7 Å². The highest BCUT2D eigenvalue weighted by Gasteiger charge is 2.14. The van der Waals surface area contributed by atoms with Crippen molar-refractivity contribution in [2.45, 2.75) is 44.6 Å². The maximum absolute atomic E-state index is 9.95. The van der Waals surface area contributed by atoms with Gasteiger partial charge in [-0.25, -0.2) is 9.97 Å². The van der Waals surface area contributed by atoms with Gasteiger partial charge in [0, 0.05) is 19.4 Å². The topological polar surface area (TPSA) is 55.2 Å². The molecule has 0 bridgehead atoms. The molecule has 0 amide bonds. The highest BCUT2D eigenvalue weighted by molar-refractivity contribution is 5.01. The summed E-state index contributed by atoms with van der Waals surface area (Å²) in [6, 6.07) is 1.78. The van der Waals surface area contributed by atoms with E-state index in [1.54, 1.807) is 12.3 Å². The van der Waals surface area contributed by atoms with Crippen molar-refractivity contribution in [2.24, 2.45) is 5.92 Å². The molecule has 0 radical (unpaired) electrons. The van der Waals surface area contributed by atoms with Crippen LogP contribution < -0.4 is 0 Å². The first-order chi connectivity index (χ1) is 8.86. The Kier molecular flexibility index (Phi) is 5.55. The summed E-state index contributed by atoms with van der Waals surface area (Å²) < 4.78 is 5.35. The normalized spacial score (nSPS) is 18.7.